The first-order valence-electron chi connectivity index (χ1n) is 7.54. The first-order chi connectivity index (χ1) is 10.2. The fourth-order valence-electron chi connectivity index (χ4n) is 2.60. The summed E-state index contributed by atoms with van der Waals surface area (Å²) in [5, 5.41) is 0. The molecule has 0 radical (unpaired) electrons. The lowest BCUT2D eigenvalue weighted by molar-refractivity contribution is 0.728. The molecule has 1 nitrogen and oxygen atoms in total. The van der Waals surface area contributed by atoms with E-state index >= 15 is 0 Å². The largest absolute Gasteiger partial charge is 0.311 e. The summed E-state index contributed by atoms with van der Waals surface area (Å²) in [7, 11) is 0. The molecule has 106 valence electrons. The highest BCUT2D eigenvalue weighted by atomic mass is 15.1. The van der Waals surface area contributed by atoms with Gasteiger partial charge in [0.05, 0.1) is 0 Å². The molecule has 0 amide bonds. The van der Waals surface area contributed by atoms with Crippen molar-refractivity contribution < 1.29 is 0 Å². The fourth-order valence-corrected chi connectivity index (χ4v) is 2.60. The molecule has 2 aromatic carbocycles. The van der Waals surface area contributed by atoms with E-state index in [1.54, 1.807) is 0 Å². The Bertz CT molecular complexity index is 650. The van der Waals surface area contributed by atoms with Crippen LogP contribution in [0.1, 0.15) is 18.9 Å². The van der Waals surface area contributed by atoms with Gasteiger partial charge in [0.1, 0.15) is 0 Å². The highest BCUT2D eigenvalue weighted by molar-refractivity contribution is 5.70. The Morgan fingerprint density at radius 3 is 2.19 bits per heavy atom. The van der Waals surface area contributed by atoms with Crippen LogP contribution in [0.3, 0.4) is 0 Å². The molecule has 3 rings (SSSR count). The number of para-hydroxylation sites is 1. The number of rotatable bonds is 3. The number of hydrogen-bond donors (Lipinski definition) is 0. The van der Waals surface area contributed by atoms with Gasteiger partial charge in [-0.2, -0.15) is 0 Å². The van der Waals surface area contributed by atoms with E-state index in [9.17, 15) is 0 Å². The van der Waals surface area contributed by atoms with Crippen LogP contribution < -0.4 is 4.90 Å². The molecule has 1 unspecified atom stereocenters. The van der Waals surface area contributed by atoms with Crippen molar-refractivity contribution in [2.75, 3.05) is 4.90 Å². The SMILES string of the molecule is Cc1ccc(N(C2=CCC(C)C=C2)c2ccccc2)cc1. The van der Waals surface area contributed by atoms with Crippen molar-refractivity contribution in [2.45, 2.75) is 20.3 Å². The molecule has 0 saturated carbocycles. The van der Waals surface area contributed by atoms with Crippen LogP contribution in [0.25, 0.3) is 0 Å². The van der Waals surface area contributed by atoms with Gasteiger partial charge in [0.2, 0.25) is 0 Å². The maximum absolute atomic E-state index is 2.33. The molecule has 0 N–H and O–H groups in total. The molecule has 1 heteroatoms. The van der Waals surface area contributed by atoms with Gasteiger partial charge in [-0.15, -0.1) is 0 Å². The zero-order chi connectivity index (χ0) is 14.7. The van der Waals surface area contributed by atoms with Crippen molar-refractivity contribution in [3.8, 4) is 0 Å². The average molecular weight is 275 g/mol. The van der Waals surface area contributed by atoms with Crippen molar-refractivity contribution in [1.29, 1.82) is 0 Å². The minimum Gasteiger partial charge on any atom is -0.311 e. The van der Waals surface area contributed by atoms with Gasteiger partial charge < -0.3 is 4.90 Å². The van der Waals surface area contributed by atoms with Crippen molar-refractivity contribution >= 4 is 11.4 Å². The molecule has 0 spiro atoms. The van der Waals surface area contributed by atoms with Crippen LogP contribution in [0, 0.1) is 12.8 Å². The summed E-state index contributed by atoms with van der Waals surface area (Å²) in [6, 6.07) is 19.3. The molecule has 0 aliphatic heterocycles. The molecule has 0 saturated heterocycles. The molecular weight excluding hydrogens is 254 g/mol. The van der Waals surface area contributed by atoms with E-state index in [1.807, 2.05) is 0 Å². The molecule has 2 aromatic rings. The zero-order valence-corrected chi connectivity index (χ0v) is 12.7. The van der Waals surface area contributed by atoms with Crippen LogP contribution in [0.2, 0.25) is 0 Å². The van der Waals surface area contributed by atoms with Crippen molar-refractivity contribution in [2.24, 2.45) is 5.92 Å². The van der Waals surface area contributed by atoms with Crippen molar-refractivity contribution in [1.82, 2.24) is 0 Å². The Hall–Kier alpha value is -2.28. The van der Waals surface area contributed by atoms with Crippen molar-refractivity contribution in [3.05, 3.63) is 84.1 Å². The lowest BCUT2D eigenvalue weighted by Crippen LogP contribution is -2.17. The predicted molar refractivity (Wildman–Crippen MR) is 90.8 cm³/mol. The van der Waals surface area contributed by atoms with Crippen LogP contribution in [0.5, 0.6) is 0 Å². The van der Waals surface area contributed by atoms with Gasteiger partial charge in [-0.25, -0.2) is 0 Å². The molecule has 21 heavy (non-hydrogen) atoms. The predicted octanol–water partition coefficient (Wildman–Crippen LogP) is 5.61. The maximum Gasteiger partial charge on any atom is 0.0461 e. The van der Waals surface area contributed by atoms with Gasteiger partial charge >= 0.3 is 0 Å². The third-order valence-corrected chi connectivity index (χ3v) is 3.86. The lowest BCUT2D eigenvalue weighted by Gasteiger charge is -2.28. The van der Waals surface area contributed by atoms with Gasteiger partial charge in [-0.3, -0.25) is 0 Å². The summed E-state index contributed by atoms with van der Waals surface area (Å²) in [6.45, 7) is 4.38. The molecule has 0 fully saturated rings. The molecule has 0 bridgehead atoms. The summed E-state index contributed by atoms with van der Waals surface area (Å²) in [5.74, 6) is 0.629. The molecule has 1 atom stereocenters. The van der Waals surface area contributed by atoms with E-state index in [0.717, 1.165) is 6.42 Å². The Balaban J connectivity index is 2.03. The monoisotopic (exact) mass is 275 g/mol. The molecular formula is C20H21N. The normalized spacial score (nSPS) is 17.4. The minimum atomic E-state index is 0.629. The number of hydrogen-bond acceptors (Lipinski definition) is 1. The van der Waals surface area contributed by atoms with E-state index in [4.69, 9.17) is 0 Å². The van der Waals surface area contributed by atoms with E-state index in [-0.39, 0.29) is 0 Å². The highest BCUT2D eigenvalue weighted by Crippen LogP contribution is 2.32. The number of aryl methyl sites for hydroxylation is 1. The molecule has 0 heterocycles. The second kappa shape index (κ2) is 6.01. The third kappa shape index (κ3) is 3.08. The van der Waals surface area contributed by atoms with E-state index in [0.29, 0.717) is 5.92 Å². The fraction of sp³-hybridized carbons (Fsp3) is 0.200. The quantitative estimate of drug-likeness (QED) is 0.703. The van der Waals surface area contributed by atoms with Crippen LogP contribution in [0.15, 0.2) is 78.5 Å². The first kappa shape index (κ1) is 13.7. The highest BCUT2D eigenvalue weighted by Gasteiger charge is 2.15. The topological polar surface area (TPSA) is 3.24 Å². The summed E-state index contributed by atoms with van der Waals surface area (Å²) in [5.41, 5.74) is 4.95. The molecule has 1 aliphatic carbocycles. The Morgan fingerprint density at radius 2 is 1.57 bits per heavy atom. The van der Waals surface area contributed by atoms with Crippen LogP contribution in [-0.4, -0.2) is 0 Å². The number of benzene rings is 2. The smallest absolute Gasteiger partial charge is 0.0461 e. The summed E-state index contributed by atoms with van der Waals surface area (Å²) in [4.78, 5) is 2.32. The van der Waals surface area contributed by atoms with E-state index in [2.05, 4.69) is 91.6 Å². The number of nitrogens with zero attached hydrogens (tertiary/aromatic N) is 1. The Labute approximate surface area is 127 Å². The summed E-state index contributed by atoms with van der Waals surface area (Å²) >= 11 is 0. The zero-order valence-electron chi connectivity index (χ0n) is 12.7. The van der Waals surface area contributed by atoms with Gasteiger partial charge in [0, 0.05) is 17.1 Å². The minimum absolute atomic E-state index is 0.629. The summed E-state index contributed by atoms with van der Waals surface area (Å²) < 4.78 is 0. The standard InChI is InChI=1S/C20H21N/c1-16-8-12-19(13-9-16)21(18-6-4-3-5-7-18)20-14-10-17(2)11-15-20/h3-10,12-15,17H,11H2,1-2H3. The Kier molecular flexibility index (Phi) is 3.92. The third-order valence-electron chi connectivity index (χ3n) is 3.86. The number of anilines is 2. The van der Waals surface area contributed by atoms with Crippen LogP contribution in [-0.2, 0) is 0 Å². The average Bonchev–Trinajstić information content (AvgIpc) is 2.52. The molecule has 1 aliphatic rings. The van der Waals surface area contributed by atoms with Gasteiger partial charge in [-0.1, -0.05) is 55.0 Å². The van der Waals surface area contributed by atoms with Gasteiger partial charge in [-0.05, 0) is 49.6 Å². The van der Waals surface area contributed by atoms with Gasteiger partial charge in [0.15, 0.2) is 0 Å². The maximum atomic E-state index is 2.33. The summed E-state index contributed by atoms with van der Waals surface area (Å²) in [6.07, 6.45) is 7.96. The molecule has 0 aromatic heterocycles. The van der Waals surface area contributed by atoms with Crippen LogP contribution >= 0.6 is 0 Å². The van der Waals surface area contributed by atoms with Crippen LogP contribution in [0.4, 0.5) is 11.4 Å². The lowest BCUT2D eigenvalue weighted by atomic mass is 10.0. The Morgan fingerprint density at radius 1 is 0.905 bits per heavy atom. The van der Waals surface area contributed by atoms with E-state index in [1.165, 1.54) is 22.6 Å². The van der Waals surface area contributed by atoms with Gasteiger partial charge in [0.25, 0.3) is 0 Å². The number of allylic oxidation sites excluding steroid dienone is 3. The van der Waals surface area contributed by atoms with Crippen molar-refractivity contribution in [3.63, 3.8) is 0 Å². The first-order valence-corrected chi connectivity index (χ1v) is 7.54. The second-order valence-corrected chi connectivity index (χ2v) is 5.71. The van der Waals surface area contributed by atoms with E-state index < -0.39 is 0 Å². The second-order valence-electron chi connectivity index (χ2n) is 5.71.